The summed E-state index contributed by atoms with van der Waals surface area (Å²) in [5.74, 6) is -0.353. The smallest absolute Gasteiger partial charge is 0.221 e. The summed E-state index contributed by atoms with van der Waals surface area (Å²) in [6.45, 7) is 4.45. The third-order valence-corrected chi connectivity index (χ3v) is 3.14. The van der Waals surface area contributed by atoms with Crippen LogP contribution in [0.2, 0.25) is 0 Å². The molecule has 1 aliphatic heterocycles. The first kappa shape index (κ1) is 10.9. The fourth-order valence-electron chi connectivity index (χ4n) is 2.31. The molecule has 92 valence electrons. The van der Waals surface area contributed by atoms with E-state index in [0.717, 1.165) is 5.69 Å². The molecule has 3 rings (SSSR count). The van der Waals surface area contributed by atoms with Gasteiger partial charge in [0.2, 0.25) is 11.7 Å². The molecule has 0 atom stereocenters. The lowest BCUT2D eigenvalue weighted by atomic mass is 9.94. The number of hydrogen-bond acceptors (Lipinski definition) is 4. The highest BCUT2D eigenvalue weighted by atomic mass is 16.1. The molecule has 2 aliphatic rings. The number of carbonyl (C=O) groups is 2. The highest BCUT2D eigenvalue weighted by molar-refractivity contribution is 6.27. The predicted octanol–water partition coefficient (Wildman–Crippen LogP) is 0.292. The van der Waals surface area contributed by atoms with Crippen molar-refractivity contribution in [2.24, 2.45) is 4.99 Å². The molecule has 0 unspecified atom stereocenters. The van der Waals surface area contributed by atoms with Gasteiger partial charge in [0.15, 0.2) is 0 Å². The zero-order valence-corrected chi connectivity index (χ0v) is 10.1. The van der Waals surface area contributed by atoms with Crippen LogP contribution in [0.15, 0.2) is 22.6 Å². The lowest BCUT2D eigenvalue weighted by molar-refractivity contribution is -0.118. The second kappa shape index (κ2) is 3.63. The van der Waals surface area contributed by atoms with Gasteiger partial charge in [-0.25, -0.2) is 4.98 Å². The van der Waals surface area contributed by atoms with E-state index in [9.17, 15) is 9.59 Å². The van der Waals surface area contributed by atoms with Crippen LogP contribution in [0, 0.1) is 0 Å². The van der Waals surface area contributed by atoms with E-state index in [4.69, 9.17) is 0 Å². The Hall–Kier alpha value is -2.24. The number of imidazole rings is 1. The summed E-state index contributed by atoms with van der Waals surface area (Å²) in [4.78, 5) is 32.0. The largest absolute Gasteiger partial charge is 0.327 e. The van der Waals surface area contributed by atoms with Crippen molar-refractivity contribution in [3.05, 3.63) is 29.0 Å². The van der Waals surface area contributed by atoms with Gasteiger partial charge in [-0.1, -0.05) is 0 Å². The van der Waals surface area contributed by atoms with Crippen molar-refractivity contribution in [3.63, 3.8) is 0 Å². The Morgan fingerprint density at radius 1 is 1.50 bits per heavy atom. The Morgan fingerprint density at radius 2 is 2.28 bits per heavy atom. The second-order valence-corrected chi connectivity index (χ2v) is 4.38. The van der Waals surface area contributed by atoms with E-state index < -0.39 is 0 Å². The van der Waals surface area contributed by atoms with E-state index in [2.05, 4.69) is 15.3 Å². The number of amides is 1. The topological polar surface area (TPSA) is 76.3 Å². The van der Waals surface area contributed by atoms with Crippen molar-refractivity contribution in [2.75, 3.05) is 6.54 Å². The van der Waals surface area contributed by atoms with Crippen molar-refractivity contribution < 1.29 is 9.59 Å². The van der Waals surface area contributed by atoms with E-state index in [-0.39, 0.29) is 11.7 Å². The molecular weight excluding hydrogens is 232 g/mol. The minimum atomic E-state index is -0.208. The molecule has 2 heterocycles. The first-order valence-electron chi connectivity index (χ1n) is 5.73. The maximum absolute atomic E-state index is 12.2. The van der Waals surface area contributed by atoms with Gasteiger partial charge in [0.05, 0.1) is 24.3 Å². The van der Waals surface area contributed by atoms with E-state index in [1.165, 1.54) is 6.92 Å². The zero-order valence-electron chi connectivity index (χ0n) is 10.1. The highest BCUT2D eigenvalue weighted by Crippen LogP contribution is 2.26. The van der Waals surface area contributed by atoms with Crippen LogP contribution < -0.4 is 5.32 Å². The highest BCUT2D eigenvalue weighted by Gasteiger charge is 2.34. The summed E-state index contributed by atoms with van der Waals surface area (Å²) in [5, 5.41) is 2.70. The molecule has 1 aromatic rings. The number of aliphatic imine (C=N–C) groups is 1. The van der Waals surface area contributed by atoms with Crippen LogP contribution in [0.4, 0.5) is 0 Å². The van der Waals surface area contributed by atoms with E-state index in [0.29, 0.717) is 35.8 Å². The van der Waals surface area contributed by atoms with E-state index in [1.807, 2.05) is 4.57 Å². The fraction of sp³-hybridized carbons (Fsp3) is 0.333. The van der Waals surface area contributed by atoms with Gasteiger partial charge in [-0.2, -0.15) is 0 Å². The summed E-state index contributed by atoms with van der Waals surface area (Å²) in [5.41, 5.74) is 2.83. The number of rotatable bonds is 1. The molecular formula is C12H12N4O2. The number of ketones is 1. The Morgan fingerprint density at radius 3 is 3.00 bits per heavy atom. The third-order valence-electron chi connectivity index (χ3n) is 3.14. The van der Waals surface area contributed by atoms with Gasteiger partial charge in [0, 0.05) is 19.0 Å². The van der Waals surface area contributed by atoms with Crippen molar-refractivity contribution in [1.82, 2.24) is 14.9 Å². The molecule has 0 radical (unpaired) electrons. The van der Waals surface area contributed by atoms with Crippen LogP contribution in [0.5, 0.6) is 0 Å². The number of carbonyl (C=O) groups excluding carboxylic acids is 2. The van der Waals surface area contributed by atoms with Crippen molar-refractivity contribution >= 4 is 17.4 Å². The molecule has 0 fully saturated rings. The van der Waals surface area contributed by atoms with Crippen LogP contribution in [0.25, 0.3) is 0 Å². The summed E-state index contributed by atoms with van der Waals surface area (Å²) in [6, 6.07) is 0. The number of allylic oxidation sites excluding steroid dienone is 2. The monoisotopic (exact) mass is 244 g/mol. The van der Waals surface area contributed by atoms with Crippen LogP contribution in [0.1, 0.15) is 30.0 Å². The maximum Gasteiger partial charge on any atom is 0.221 e. The van der Waals surface area contributed by atoms with Gasteiger partial charge in [-0.3, -0.25) is 14.6 Å². The summed E-state index contributed by atoms with van der Waals surface area (Å²) in [6.07, 6.45) is 1.65. The number of aromatic nitrogens is 2. The molecule has 1 amide bonds. The van der Waals surface area contributed by atoms with Crippen LogP contribution in [-0.4, -0.2) is 33.5 Å². The lowest BCUT2D eigenvalue weighted by Gasteiger charge is -2.23. The first-order valence-corrected chi connectivity index (χ1v) is 5.73. The van der Waals surface area contributed by atoms with Gasteiger partial charge in [0.1, 0.15) is 11.4 Å². The summed E-state index contributed by atoms with van der Waals surface area (Å²) in [7, 11) is 0. The lowest BCUT2D eigenvalue weighted by Crippen LogP contribution is -2.35. The molecule has 1 aromatic heterocycles. The van der Waals surface area contributed by atoms with Crippen molar-refractivity contribution in [3.8, 4) is 0 Å². The molecule has 0 saturated carbocycles. The second-order valence-electron chi connectivity index (χ2n) is 4.38. The van der Waals surface area contributed by atoms with Crippen LogP contribution in [0.3, 0.4) is 0 Å². The quantitative estimate of drug-likeness (QED) is 0.771. The minimum absolute atomic E-state index is 0.145. The Labute approximate surface area is 103 Å². The standard InChI is InChI=1S/C12H12N4O2/c1-6-8(15-7(2)17)9-11-10(12(6)18)14-5-16(11)4-3-13-9/h5H,3-4H2,1-2H3,(H,15,17). The average molecular weight is 244 g/mol. The molecule has 0 aromatic carbocycles. The van der Waals surface area contributed by atoms with Crippen LogP contribution >= 0.6 is 0 Å². The van der Waals surface area contributed by atoms with Gasteiger partial charge < -0.3 is 9.88 Å². The zero-order chi connectivity index (χ0) is 12.9. The molecule has 1 N–H and O–H groups in total. The Kier molecular flexibility index (Phi) is 2.19. The van der Waals surface area contributed by atoms with Crippen molar-refractivity contribution in [2.45, 2.75) is 20.4 Å². The Bertz CT molecular complexity index is 637. The summed E-state index contributed by atoms with van der Waals surface area (Å²) < 4.78 is 1.91. The SMILES string of the molecule is CC(=O)NC1=C(C)C(=O)c2ncn3c2C1=NCC3. The number of Topliss-reactive ketones (excluding diaryl/α,β-unsaturated/α-hetero) is 1. The molecule has 0 spiro atoms. The third kappa shape index (κ3) is 1.35. The fourth-order valence-corrected chi connectivity index (χ4v) is 2.31. The Balaban J connectivity index is 2.22. The van der Waals surface area contributed by atoms with Gasteiger partial charge in [0.25, 0.3) is 0 Å². The van der Waals surface area contributed by atoms with Gasteiger partial charge in [-0.15, -0.1) is 0 Å². The van der Waals surface area contributed by atoms with E-state index in [1.54, 1.807) is 13.3 Å². The molecule has 0 bridgehead atoms. The van der Waals surface area contributed by atoms with Gasteiger partial charge in [-0.05, 0) is 6.92 Å². The van der Waals surface area contributed by atoms with Crippen molar-refractivity contribution in [1.29, 1.82) is 0 Å². The molecule has 0 saturated heterocycles. The molecule has 6 nitrogen and oxygen atoms in total. The van der Waals surface area contributed by atoms with Crippen LogP contribution in [-0.2, 0) is 11.3 Å². The van der Waals surface area contributed by atoms with E-state index >= 15 is 0 Å². The summed E-state index contributed by atoms with van der Waals surface area (Å²) >= 11 is 0. The first-order chi connectivity index (χ1) is 8.59. The number of nitrogens with zero attached hydrogens (tertiary/aromatic N) is 3. The maximum atomic E-state index is 12.2. The molecule has 6 heteroatoms. The number of nitrogens with one attached hydrogen (secondary N) is 1. The average Bonchev–Trinajstić information content (AvgIpc) is 2.76. The normalized spacial score (nSPS) is 17.4. The van der Waals surface area contributed by atoms with Gasteiger partial charge >= 0.3 is 0 Å². The minimum Gasteiger partial charge on any atom is -0.327 e. The predicted molar refractivity (Wildman–Crippen MR) is 64.5 cm³/mol. The molecule has 18 heavy (non-hydrogen) atoms. The number of hydrogen-bond donors (Lipinski definition) is 1. The molecule has 1 aliphatic carbocycles.